The van der Waals surface area contributed by atoms with E-state index in [1.54, 1.807) is 28.9 Å². The summed E-state index contributed by atoms with van der Waals surface area (Å²) in [4.78, 5) is 14.8. The van der Waals surface area contributed by atoms with Crippen LogP contribution in [0.3, 0.4) is 0 Å². The second-order valence-electron chi connectivity index (χ2n) is 11.0. The van der Waals surface area contributed by atoms with E-state index in [0.717, 1.165) is 50.7 Å². The minimum Gasteiger partial charge on any atom is -0.443 e. The summed E-state index contributed by atoms with van der Waals surface area (Å²) < 4.78 is 45.2. The minimum absolute atomic E-state index is 0.135. The Balaban J connectivity index is 0.000000165. The van der Waals surface area contributed by atoms with Crippen molar-refractivity contribution < 1.29 is 22.7 Å². The van der Waals surface area contributed by atoms with Crippen LogP contribution in [0, 0.1) is 10.4 Å². The number of rotatable bonds is 0. The standard InChI is InChI=1S/C19H15F3.C14H17NO2S/c20-19(21,22)18-7-3-6-14-16-9-8-12-4-1-2-5-13(12)15(16)10-11-17(14)18;1-14(2,3)17-13(16)15-9-6-10-18-12-8-5-4-7-11(12)15/h1-2,4-5,8,10-11H,3,6-7,9H2;4-9H,10H2,1-3H3. The molecule has 1 amide bonds. The van der Waals surface area contributed by atoms with Crippen LogP contribution in [0.25, 0.3) is 11.6 Å². The summed E-state index contributed by atoms with van der Waals surface area (Å²) in [5, 5.41) is 3.82. The predicted molar refractivity (Wildman–Crippen MR) is 155 cm³/mol. The number of benzene rings is 3. The lowest BCUT2D eigenvalue weighted by molar-refractivity contribution is -0.0731. The number of anilines is 1. The van der Waals surface area contributed by atoms with Crippen LogP contribution in [0.4, 0.5) is 23.7 Å². The van der Waals surface area contributed by atoms with Crippen molar-refractivity contribution in [2.75, 3.05) is 10.7 Å². The van der Waals surface area contributed by atoms with Gasteiger partial charge in [-0.25, -0.2) is 4.79 Å². The first-order valence-corrected chi connectivity index (χ1v) is 14.4. The summed E-state index contributed by atoms with van der Waals surface area (Å²) in [7, 11) is 0. The number of carbonyl (C=O) groups excluding carboxylic acids is 1. The fraction of sp³-hybridized carbons (Fsp3) is 0.303. The minimum atomic E-state index is -4.22. The number of amides is 1. The van der Waals surface area contributed by atoms with Crippen molar-refractivity contribution >= 4 is 35.2 Å². The molecule has 6 rings (SSSR count). The number of thioether (sulfide) groups is 1. The topological polar surface area (TPSA) is 29.5 Å². The van der Waals surface area contributed by atoms with Gasteiger partial charge in [0.05, 0.1) is 5.69 Å². The summed E-state index contributed by atoms with van der Waals surface area (Å²) in [6.07, 6.45) is 3.50. The molecule has 0 saturated carbocycles. The lowest BCUT2D eigenvalue weighted by atomic mass is 9.86. The fourth-order valence-corrected chi connectivity index (χ4v) is 6.22. The third-order valence-electron chi connectivity index (χ3n) is 7.03. The number of alkyl halides is 3. The van der Waals surface area contributed by atoms with Crippen molar-refractivity contribution in [3.05, 3.63) is 105 Å². The molecule has 3 aromatic carbocycles. The van der Waals surface area contributed by atoms with Crippen LogP contribution in [-0.2, 0) is 17.6 Å². The van der Waals surface area contributed by atoms with E-state index in [1.807, 2.05) is 75.4 Å². The van der Waals surface area contributed by atoms with Crippen molar-refractivity contribution in [2.45, 2.75) is 63.1 Å². The van der Waals surface area contributed by atoms with Gasteiger partial charge in [0.2, 0.25) is 0 Å². The first-order valence-electron chi connectivity index (χ1n) is 13.4. The summed E-state index contributed by atoms with van der Waals surface area (Å²) >= 11 is 1.71. The first-order chi connectivity index (χ1) is 19.0. The predicted octanol–water partition coefficient (Wildman–Crippen LogP) is 7.41. The maximum absolute atomic E-state index is 13.2. The Kier molecular flexibility index (Phi) is 7.87. The average Bonchev–Trinajstić information content (AvgIpc) is 3.14. The number of hydrogen-bond donors (Lipinski definition) is 0. The highest BCUT2D eigenvalue weighted by Gasteiger charge is 2.35. The van der Waals surface area contributed by atoms with Gasteiger partial charge in [-0.15, -0.1) is 11.8 Å². The zero-order valence-corrected chi connectivity index (χ0v) is 23.7. The normalized spacial score (nSPS) is 15.8. The third kappa shape index (κ3) is 5.99. The molecule has 7 heteroatoms. The van der Waals surface area contributed by atoms with Crippen molar-refractivity contribution in [1.29, 1.82) is 0 Å². The molecule has 0 N–H and O–H groups in total. The Morgan fingerprint density at radius 3 is 2.38 bits per heavy atom. The molecule has 2 aliphatic carbocycles. The van der Waals surface area contributed by atoms with Gasteiger partial charge >= 0.3 is 12.3 Å². The molecule has 0 spiro atoms. The molecule has 0 atom stereocenters. The maximum atomic E-state index is 13.2. The second-order valence-corrected chi connectivity index (χ2v) is 12.0. The Hall–Kier alpha value is -3.45. The summed E-state index contributed by atoms with van der Waals surface area (Å²) in [6.45, 7) is 5.60. The first kappa shape index (κ1) is 28.1. The molecule has 208 valence electrons. The van der Waals surface area contributed by atoms with Gasteiger partial charge in [-0.2, -0.15) is 13.2 Å². The molecular formula is C33H32F3NO2S. The van der Waals surface area contributed by atoms with Crippen molar-refractivity contribution in [2.24, 2.45) is 0 Å². The Labute approximate surface area is 236 Å². The van der Waals surface area contributed by atoms with E-state index in [2.05, 4.69) is 12.1 Å². The fourth-order valence-electron chi connectivity index (χ4n) is 5.37. The third-order valence-corrected chi connectivity index (χ3v) is 8.05. The molecule has 0 aromatic heterocycles. The molecule has 3 aromatic rings. The average molecular weight is 564 g/mol. The summed E-state index contributed by atoms with van der Waals surface area (Å²) in [5.41, 5.74) is 2.03. The molecule has 0 bridgehead atoms. The van der Waals surface area contributed by atoms with Crippen LogP contribution < -0.4 is 15.3 Å². The lowest BCUT2D eigenvalue weighted by Crippen LogP contribution is -2.33. The quantitative estimate of drug-likeness (QED) is 0.285. The van der Waals surface area contributed by atoms with Crippen LogP contribution in [-0.4, -0.2) is 23.6 Å². The van der Waals surface area contributed by atoms with E-state index in [0.29, 0.717) is 11.6 Å². The monoisotopic (exact) mass is 563 g/mol. The number of para-hydroxylation sites is 1. The number of ether oxygens (including phenoxy) is 1. The highest BCUT2D eigenvalue weighted by Crippen LogP contribution is 2.34. The summed E-state index contributed by atoms with van der Waals surface area (Å²) in [5.74, 6) is 0.857. The molecule has 1 heterocycles. The molecule has 40 heavy (non-hydrogen) atoms. The Morgan fingerprint density at radius 2 is 1.60 bits per heavy atom. The van der Waals surface area contributed by atoms with E-state index in [-0.39, 0.29) is 18.1 Å². The molecule has 0 saturated heterocycles. The van der Waals surface area contributed by atoms with Crippen LogP contribution in [0.2, 0.25) is 0 Å². The summed E-state index contributed by atoms with van der Waals surface area (Å²) in [6, 6.07) is 19.5. The number of nitrogens with zero attached hydrogens (tertiary/aromatic N) is 1. The smallest absolute Gasteiger partial charge is 0.418 e. The molecule has 0 unspecified atom stereocenters. The highest BCUT2D eigenvalue weighted by atomic mass is 32.2. The van der Waals surface area contributed by atoms with E-state index in [4.69, 9.17) is 4.74 Å². The van der Waals surface area contributed by atoms with Gasteiger partial charge in [-0.05, 0) is 90.6 Å². The van der Waals surface area contributed by atoms with Gasteiger partial charge in [0.1, 0.15) is 5.60 Å². The second kappa shape index (κ2) is 11.2. The molecule has 0 radical (unpaired) electrons. The number of halogens is 3. The molecule has 3 nitrogen and oxygen atoms in total. The van der Waals surface area contributed by atoms with Crippen LogP contribution >= 0.6 is 11.8 Å². The number of hydrogen-bond acceptors (Lipinski definition) is 3. The van der Waals surface area contributed by atoms with E-state index in [1.165, 1.54) is 5.22 Å². The van der Waals surface area contributed by atoms with Crippen molar-refractivity contribution in [3.8, 4) is 0 Å². The zero-order valence-electron chi connectivity index (χ0n) is 22.8. The van der Waals surface area contributed by atoms with Gasteiger partial charge in [0.15, 0.2) is 0 Å². The molecule has 1 aliphatic heterocycles. The van der Waals surface area contributed by atoms with Gasteiger partial charge in [-0.1, -0.05) is 60.7 Å². The highest BCUT2D eigenvalue weighted by molar-refractivity contribution is 7.99. The Morgan fingerprint density at radius 1 is 0.875 bits per heavy atom. The maximum Gasteiger partial charge on any atom is 0.418 e. The van der Waals surface area contributed by atoms with Crippen LogP contribution in [0.1, 0.15) is 44.7 Å². The van der Waals surface area contributed by atoms with Gasteiger partial charge < -0.3 is 4.74 Å². The number of carbonyl (C=O) groups is 1. The largest absolute Gasteiger partial charge is 0.443 e. The molecule has 0 fully saturated rings. The van der Waals surface area contributed by atoms with Crippen molar-refractivity contribution in [1.82, 2.24) is 0 Å². The van der Waals surface area contributed by atoms with Gasteiger partial charge in [0, 0.05) is 22.4 Å². The lowest BCUT2D eigenvalue weighted by Gasteiger charge is -2.25. The zero-order chi connectivity index (χ0) is 28.5. The van der Waals surface area contributed by atoms with Crippen LogP contribution in [0.15, 0.2) is 77.8 Å². The molecular weight excluding hydrogens is 531 g/mol. The van der Waals surface area contributed by atoms with E-state index >= 15 is 0 Å². The SMILES string of the molecule is CC(C)(C)OC(=O)N1C=CCSc2ccccc21.FC(F)(F)C1=c2ccc3c(c2CCC1)CC=c1ccccc1=3. The van der Waals surface area contributed by atoms with Crippen LogP contribution in [0.5, 0.6) is 0 Å². The number of fused-ring (bicyclic) bond motifs is 5. The Bertz CT molecular complexity index is 1690. The van der Waals surface area contributed by atoms with E-state index < -0.39 is 11.8 Å². The van der Waals surface area contributed by atoms with E-state index in [9.17, 15) is 18.0 Å². The van der Waals surface area contributed by atoms with Gasteiger partial charge in [-0.3, -0.25) is 4.90 Å². The van der Waals surface area contributed by atoms with Gasteiger partial charge in [0.25, 0.3) is 0 Å². The molecule has 3 aliphatic rings. The van der Waals surface area contributed by atoms with Crippen molar-refractivity contribution in [3.63, 3.8) is 0 Å².